The molecule has 125 valence electrons. The molecule has 1 fully saturated rings. The fourth-order valence-electron chi connectivity index (χ4n) is 3.54. The van der Waals surface area contributed by atoms with Crippen LogP contribution in [0.2, 0.25) is 5.02 Å². The Morgan fingerprint density at radius 1 is 1.13 bits per heavy atom. The molecule has 5 heteroatoms. The smallest absolute Gasteiger partial charge is 0.279 e. The molecule has 1 aliphatic rings. The maximum atomic E-state index is 12.6. The Kier molecular flexibility index (Phi) is 8.72. The molecule has 1 N–H and O–H groups in total. The van der Waals surface area contributed by atoms with E-state index in [0.29, 0.717) is 6.54 Å². The van der Waals surface area contributed by atoms with Crippen molar-refractivity contribution in [1.29, 1.82) is 0 Å². The second kappa shape index (κ2) is 9.51. The van der Waals surface area contributed by atoms with Crippen LogP contribution in [-0.4, -0.2) is 36.6 Å². The van der Waals surface area contributed by atoms with Gasteiger partial charge in [0, 0.05) is 43.4 Å². The fraction of sp³-hybridized carbons (Fsp3) is 0.611. The molecule has 23 heavy (non-hydrogen) atoms. The van der Waals surface area contributed by atoms with Gasteiger partial charge >= 0.3 is 0 Å². The van der Waals surface area contributed by atoms with Crippen molar-refractivity contribution >= 4 is 23.2 Å². The Hall–Kier alpha value is 0.0439. The molecule has 1 amide bonds. The van der Waals surface area contributed by atoms with Crippen LogP contribution >= 0.6 is 11.6 Å². The van der Waals surface area contributed by atoms with E-state index in [9.17, 15) is 4.79 Å². The number of carbonyl (C=O) groups excluding carboxylic acids is 1. The zero-order valence-electron chi connectivity index (χ0n) is 14.6. The first kappa shape index (κ1) is 21.1. The second-order valence-corrected chi connectivity index (χ2v) is 7.08. The number of likely N-dealkylation sites (tertiary alicyclic amines) is 1. The summed E-state index contributed by atoms with van der Waals surface area (Å²) in [4.78, 5) is 12.6. The summed E-state index contributed by atoms with van der Waals surface area (Å²) >= 11 is 6.06. The van der Waals surface area contributed by atoms with E-state index in [-0.39, 0.29) is 38.6 Å². The van der Waals surface area contributed by atoms with Crippen LogP contribution in [0.5, 0.6) is 0 Å². The van der Waals surface area contributed by atoms with Crippen LogP contribution in [0.1, 0.15) is 43.7 Å². The monoisotopic (exact) mass is 412 g/mol. The summed E-state index contributed by atoms with van der Waals surface area (Å²) in [5.41, 5.74) is 2.97. The molecule has 0 bridgehead atoms. The molecule has 3 nitrogen and oxygen atoms in total. The van der Waals surface area contributed by atoms with Crippen LogP contribution in [0.15, 0.2) is 12.1 Å². The first-order chi connectivity index (χ1) is 10.5. The van der Waals surface area contributed by atoms with Crippen molar-refractivity contribution < 1.29 is 42.0 Å². The quantitative estimate of drug-likeness (QED) is 0.734. The van der Waals surface area contributed by atoms with E-state index in [1.807, 2.05) is 26.0 Å². The van der Waals surface area contributed by atoms with Gasteiger partial charge in [0.25, 0.3) is 5.91 Å². The molecule has 1 aliphatic heterocycles. The number of nitrogens with one attached hydrogen (secondary N) is 1. The van der Waals surface area contributed by atoms with E-state index in [1.165, 1.54) is 25.7 Å². The molecule has 0 unspecified atom stereocenters. The number of likely N-dealkylation sites (N-methyl/N-ethyl adjacent to an activating group) is 1. The van der Waals surface area contributed by atoms with Crippen molar-refractivity contribution in [2.75, 3.05) is 31.5 Å². The van der Waals surface area contributed by atoms with Gasteiger partial charge in [0.2, 0.25) is 0 Å². The number of hydrogen-bond donors (Lipinski definition) is 1. The van der Waals surface area contributed by atoms with Crippen LogP contribution < -0.4 is 5.32 Å². The molecule has 1 aromatic rings. The Labute approximate surface area is 170 Å². The molecule has 1 heterocycles. The van der Waals surface area contributed by atoms with Crippen molar-refractivity contribution in [3.05, 3.63) is 28.3 Å². The fourth-order valence-corrected chi connectivity index (χ4v) is 3.86. The van der Waals surface area contributed by atoms with E-state index < -0.39 is 0 Å². The molecular weight excluding hydrogens is 385 g/mol. The average Bonchev–Trinajstić information content (AvgIpc) is 2.69. The van der Waals surface area contributed by atoms with Gasteiger partial charge in [0.05, 0.1) is 19.6 Å². The SMILES string of the molecule is CC[N+]1(CC(=O)Nc2c(C)cc(Cl)cc2C)CCCCCC1.[Y]. The summed E-state index contributed by atoms with van der Waals surface area (Å²) in [6, 6.07) is 3.81. The number of anilines is 1. The minimum Gasteiger partial charge on any atom is -0.321 e. The molecule has 1 radical (unpaired) electrons. The zero-order chi connectivity index (χ0) is 16.2. The van der Waals surface area contributed by atoms with Gasteiger partial charge in [0.1, 0.15) is 0 Å². The van der Waals surface area contributed by atoms with Gasteiger partial charge in [-0.3, -0.25) is 4.79 Å². The Morgan fingerprint density at radius 2 is 1.65 bits per heavy atom. The molecule has 0 atom stereocenters. The summed E-state index contributed by atoms with van der Waals surface area (Å²) in [6.07, 6.45) is 5.08. The maximum absolute atomic E-state index is 12.6. The van der Waals surface area contributed by atoms with E-state index >= 15 is 0 Å². The van der Waals surface area contributed by atoms with Crippen molar-refractivity contribution in [2.24, 2.45) is 0 Å². The van der Waals surface area contributed by atoms with Gasteiger partial charge in [-0.2, -0.15) is 0 Å². The number of halogens is 1. The standard InChI is InChI=1S/C18H27ClN2O.Y/c1-4-21(9-7-5-6-8-10-21)13-17(22)20-18-14(2)11-16(19)12-15(18)3;/h11-12H,4-10,13H2,1-3H3;/p+1. The first-order valence-corrected chi connectivity index (χ1v) is 8.75. The zero-order valence-corrected chi connectivity index (χ0v) is 18.2. The number of quaternary nitrogens is 1. The van der Waals surface area contributed by atoms with Gasteiger partial charge < -0.3 is 9.80 Å². The summed E-state index contributed by atoms with van der Waals surface area (Å²) < 4.78 is 0.928. The minimum atomic E-state index is 0. The summed E-state index contributed by atoms with van der Waals surface area (Å²) in [5, 5.41) is 3.84. The van der Waals surface area contributed by atoms with Crippen molar-refractivity contribution in [3.63, 3.8) is 0 Å². The summed E-state index contributed by atoms with van der Waals surface area (Å²) in [7, 11) is 0. The molecule has 0 aromatic heterocycles. The first-order valence-electron chi connectivity index (χ1n) is 8.37. The third-order valence-electron chi connectivity index (χ3n) is 4.93. The number of aryl methyl sites for hydroxylation is 2. The van der Waals surface area contributed by atoms with Gasteiger partial charge in [-0.25, -0.2) is 0 Å². The number of carbonyl (C=O) groups is 1. The minimum absolute atomic E-state index is 0. The molecule has 1 aromatic carbocycles. The predicted octanol–water partition coefficient (Wildman–Crippen LogP) is 4.30. The van der Waals surface area contributed by atoms with Crippen LogP contribution in [0, 0.1) is 13.8 Å². The number of nitrogens with zero attached hydrogens (tertiary/aromatic N) is 1. The molecular formula is C18H28ClN2OY+. The van der Waals surface area contributed by atoms with Gasteiger partial charge in [-0.05, 0) is 69.7 Å². The van der Waals surface area contributed by atoms with Gasteiger partial charge in [-0.15, -0.1) is 0 Å². The predicted molar refractivity (Wildman–Crippen MR) is 93.4 cm³/mol. The van der Waals surface area contributed by atoms with Crippen molar-refractivity contribution in [1.82, 2.24) is 0 Å². The molecule has 0 spiro atoms. The number of benzene rings is 1. The average molecular weight is 413 g/mol. The van der Waals surface area contributed by atoms with Gasteiger partial charge in [0.15, 0.2) is 6.54 Å². The normalized spacial score (nSPS) is 17.0. The number of rotatable bonds is 4. The van der Waals surface area contributed by atoms with Crippen LogP contribution in [-0.2, 0) is 37.5 Å². The Morgan fingerprint density at radius 3 is 2.13 bits per heavy atom. The second-order valence-electron chi connectivity index (χ2n) is 6.64. The Balaban J connectivity index is 0.00000264. The number of amides is 1. The summed E-state index contributed by atoms with van der Waals surface area (Å²) in [6.45, 7) is 10.1. The third kappa shape index (κ3) is 5.81. The van der Waals surface area contributed by atoms with E-state index in [4.69, 9.17) is 11.6 Å². The van der Waals surface area contributed by atoms with Crippen molar-refractivity contribution in [2.45, 2.75) is 46.5 Å². The van der Waals surface area contributed by atoms with E-state index in [2.05, 4.69) is 12.2 Å². The molecule has 0 saturated carbocycles. The largest absolute Gasteiger partial charge is 0.321 e. The van der Waals surface area contributed by atoms with Crippen molar-refractivity contribution in [3.8, 4) is 0 Å². The van der Waals surface area contributed by atoms with Crippen LogP contribution in [0.4, 0.5) is 5.69 Å². The van der Waals surface area contributed by atoms with E-state index in [0.717, 1.165) is 46.0 Å². The summed E-state index contributed by atoms with van der Waals surface area (Å²) in [5.74, 6) is 0.122. The molecule has 0 aliphatic carbocycles. The van der Waals surface area contributed by atoms with Gasteiger partial charge in [-0.1, -0.05) is 11.6 Å². The molecule has 1 saturated heterocycles. The Bertz CT molecular complexity index is 517. The topological polar surface area (TPSA) is 29.1 Å². The van der Waals surface area contributed by atoms with Crippen LogP contribution in [0.3, 0.4) is 0 Å². The molecule has 2 rings (SSSR count). The number of hydrogen-bond acceptors (Lipinski definition) is 1. The van der Waals surface area contributed by atoms with Crippen LogP contribution in [0.25, 0.3) is 0 Å². The maximum Gasteiger partial charge on any atom is 0.279 e. The third-order valence-corrected chi connectivity index (χ3v) is 5.14. The van der Waals surface area contributed by atoms with E-state index in [1.54, 1.807) is 0 Å².